The Hall–Kier alpha value is -2.04. The van der Waals surface area contributed by atoms with Crippen LogP contribution in [-0.2, 0) is 4.74 Å². The van der Waals surface area contributed by atoms with E-state index in [-0.39, 0.29) is 11.9 Å². The molecule has 0 saturated carbocycles. The SMILES string of the molecule is CCOC(=O)NC(CNC(=O)c1ccccc1)CC(C)C. The summed E-state index contributed by atoms with van der Waals surface area (Å²) >= 11 is 0. The van der Waals surface area contributed by atoms with Crippen molar-refractivity contribution in [3.8, 4) is 0 Å². The van der Waals surface area contributed by atoms with E-state index in [9.17, 15) is 9.59 Å². The Morgan fingerprint density at radius 1 is 1.19 bits per heavy atom. The van der Waals surface area contributed by atoms with Crippen molar-refractivity contribution in [3.05, 3.63) is 35.9 Å². The molecule has 2 amide bonds. The summed E-state index contributed by atoms with van der Waals surface area (Å²) in [4.78, 5) is 23.5. The summed E-state index contributed by atoms with van der Waals surface area (Å²) in [7, 11) is 0. The molecule has 0 saturated heterocycles. The van der Waals surface area contributed by atoms with Crippen molar-refractivity contribution in [2.75, 3.05) is 13.2 Å². The van der Waals surface area contributed by atoms with Gasteiger partial charge in [-0.2, -0.15) is 0 Å². The van der Waals surface area contributed by atoms with Gasteiger partial charge in [-0.15, -0.1) is 0 Å². The fourth-order valence-corrected chi connectivity index (χ4v) is 2.01. The number of nitrogens with one attached hydrogen (secondary N) is 2. The van der Waals surface area contributed by atoms with Gasteiger partial charge in [0.05, 0.1) is 6.61 Å². The molecule has 116 valence electrons. The highest BCUT2D eigenvalue weighted by molar-refractivity contribution is 5.94. The van der Waals surface area contributed by atoms with Crippen molar-refractivity contribution >= 4 is 12.0 Å². The molecule has 0 bridgehead atoms. The van der Waals surface area contributed by atoms with Gasteiger partial charge in [0.15, 0.2) is 0 Å². The lowest BCUT2D eigenvalue weighted by molar-refractivity contribution is 0.0944. The van der Waals surface area contributed by atoms with Gasteiger partial charge in [0.1, 0.15) is 0 Å². The van der Waals surface area contributed by atoms with Gasteiger partial charge in [0.25, 0.3) is 5.91 Å². The molecule has 0 aromatic heterocycles. The van der Waals surface area contributed by atoms with Crippen molar-refractivity contribution in [2.45, 2.75) is 33.2 Å². The summed E-state index contributed by atoms with van der Waals surface area (Å²) in [5, 5.41) is 5.62. The van der Waals surface area contributed by atoms with E-state index in [1.165, 1.54) is 0 Å². The number of carbonyl (C=O) groups is 2. The van der Waals surface area contributed by atoms with Crippen LogP contribution in [0.2, 0.25) is 0 Å². The van der Waals surface area contributed by atoms with Crippen molar-refractivity contribution in [3.63, 3.8) is 0 Å². The number of ether oxygens (including phenoxy) is 1. The van der Waals surface area contributed by atoms with Crippen LogP contribution < -0.4 is 10.6 Å². The lowest BCUT2D eigenvalue weighted by Gasteiger charge is -2.20. The average Bonchev–Trinajstić information content (AvgIpc) is 2.45. The van der Waals surface area contributed by atoms with Crippen molar-refractivity contribution < 1.29 is 14.3 Å². The van der Waals surface area contributed by atoms with Crippen molar-refractivity contribution in [1.29, 1.82) is 0 Å². The van der Waals surface area contributed by atoms with E-state index < -0.39 is 6.09 Å². The Balaban J connectivity index is 2.52. The van der Waals surface area contributed by atoms with Crippen LogP contribution >= 0.6 is 0 Å². The number of rotatable bonds is 7. The molecule has 0 heterocycles. The predicted octanol–water partition coefficient (Wildman–Crippen LogP) is 2.58. The fraction of sp³-hybridized carbons (Fsp3) is 0.500. The lowest BCUT2D eigenvalue weighted by Crippen LogP contribution is -2.44. The minimum absolute atomic E-state index is 0.142. The molecule has 1 rings (SSSR count). The summed E-state index contributed by atoms with van der Waals surface area (Å²) in [6.07, 6.45) is 0.325. The van der Waals surface area contributed by atoms with E-state index in [2.05, 4.69) is 24.5 Å². The molecular formula is C16H24N2O3. The van der Waals surface area contributed by atoms with Crippen LogP contribution in [0, 0.1) is 5.92 Å². The monoisotopic (exact) mass is 292 g/mol. The molecule has 1 atom stereocenters. The van der Waals surface area contributed by atoms with Crippen LogP contribution in [0.5, 0.6) is 0 Å². The third-order valence-corrected chi connectivity index (χ3v) is 2.90. The van der Waals surface area contributed by atoms with E-state index in [1.807, 2.05) is 18.2 Å². The minimum atomic E-state index is -0.447. The minimum Gasteiger partial charge on any atom is -0.450 e. The number of alkyl carbamates (subject to hydrolysis) is 1. The van der Waals surface area contributed by atoms with Gasteiger partial charge >= 0.3 is 6.09 Å². The molecule has 0 spiro atoms. The molecule has 1 aromatic carbocycles. The fourth-order valence-electron chi connectivity index (χ4n) is 2.01. The van der Waals surface area contributed by atoms with Gasteiger partial charge in [-0.3, -0.25) is 4.79 Å². The van der Waals surface area contributed by atoms with Crippen LogP contribution in [0.25, 0.3) is 0 Å². The third-order valence-electron chi connectivity index (χ3n) is 2.90. The van der Waals surface area contributed by atoms with Crippen LogP contribution in [0.3, 0.4) is 0 Å². The van der Waals surface area contributed by atoms with Gasteiger partial charge < -0.3 is 15.4 Å². The zero-order chi connectivity index (χ0) is 15.7. The molecule has 0 aliphatic heterocycles. The molecular weight excluding hydrogens is 268 g/mol. The summed E-state index contributed by atoms with van der Waals surface area (Å²) in [5.41, 5.74) is 0.608. The number of benzene rings is 1. The van der Waals surface area contributed by atoms with Gasteiger partial charge in [0.2, 0.25) is 0 Å². The second-order valence-corrected chi connectivity index (χ2v) is 5.27. The van der Waals surface area contributed by atoms with Crippen LogP contribution in [0.4, 0.5) is 4.79 Å². The predicted molar refractivity (Wildman–Crippen MR) is 82.2 cm³/mol. The summed E-state index contributed by atoms with van der Waals surface area (Å²) in [6, 6.07) is 8.86. The molecule has 0 fully saturated rings. The quantitative estimate of drug-likeness (QED) is 0.811. The van der Waals surface area contributed by atoms with Crippen LogP contribution in [0.15, 0.2) is 30.3 Å². The first-order valence-electron chi connectivity index (χ1n) is 7.29. The van der Waals surface area contributed by atoms with E-state index in [0.29, 0.717) is 24.6 Å². The van der Waals surface area contributed by atoms with Gasteiger partial charge in [-0.1, -0.05) is 32.0 Å². The first-order chi connectivity index (χ1) is 10.0. The number of carbonyl (C=O) groups excluding carboxylic acids is 2. The molecule has 5 nitrogen and oxygen atoms in total. The summed E-state index contributed by atoms with van der Waals surface area (Å²) in [6.45, 7) is 6.60. The van der Waals surface area contributed by atoms with Gasteiger partial charge in [-0.25, -0.2) is 4.79 Å². The Bertz CT molecular complexity index is 446. The van der Waals surface area contributed by atoms with E-state index >= 15 is 0 Å². The maximum atomic E-state index is 12.0. The topological polar surface area (TPSA) is 67.4 Å². The molecule has 2 N–H and O–H groups in total. The highest BCUT2D eigenvalue weighted by Crippen LogP contribution is 2.05. The van der Waals surface area contributed by atoms with Crippen LogP contribution in [-0.4, -0.2) is 31.2 Å². The highest BCUT2D eigenvalue weighted by Gasteiger charge is 2.16. The molecule has 1 aromatic rings. The standard InChI is InChI=1S/C16H24N2O3/c1-4-21-16(20)18-14(10-12(2)3)11-17-15(19)13-8-6-5-7-9-13/h5-9,12,14H,4,10-11H2,1-3H3,(H,17,19)(H,18,20). The maximum absolute atomic E-state index is 12.0. The normalized spacial score (nSPS) is 11.8. The number of hydrogen-bond acceptors (Lipinski definition) is 3. The smallest absolute Gasteiger partial charge is 0.407 e. The zero-order valence-electron chi connectivity index (χ0n) is 12.9. The van der Waals surface area contributed by atoms with Gasteiger partial charge in [-0.05, 0) is 31.4 Å². The van der Waals surface area contributed by atoms with Crippen LogP contribution in [0.1, 0.15) is 37.6 Å². The highest BCUT2D eigenvalue weighted by atomic mass is 16.5. The average molecular weight is 292 g/mol. The van der Waals surface area contributed by atoms with E-state index in [0.717, 1.165) is 6.42 Å². The van der Waals surface area contributed by atoms with Crippen molar-refractivity contribution in [1.82, 2.24) is 10.6 Å². The largest absolute Gasteiger partial charge is 0.450 e. The maximum Gasteiger partial charge on any atom is 0.407 e. The number of amides is 2. The Labute approximate surface area is 126 Å². The third kappa shape index (κ3) is 6.79. The molecule has 0 radical (unpaired) electrons. The molecule has 21 heavy (non-hydrogen) atoms. The first kappa shape index (κ1) is 17.0. The Morgan fingerprint density at radius 2 is 1.86 bits per heavy atom. The van der Waals surface area contributed by atoms with Gasteiger partial charge in [0, 0.05) is 18.2 Å². The first-order valence-corrected chi connectivity index (χ1v) is 7.29. The summed E-state index contributed by atoms with van der Waals surface area (Å²) < 4.78 is 4.88. The molecule has 0 aliphatic carbocycles. The van der Waals surface area contributed by atoms with E-state index in [4.69, 9.17) is 4.74 Å². The Morgan fingerprint density at radius 3 is 2.43 bits per heavy atom. The molecule has 5 heteroatoms. The number of hydrogen-bond donors (Lipinski definition) is 2. The lowest BCUT2D eigenvalue weighted by atomic mass is 10.0. The van der Waals surface area contributed by atoms with Crippen molar-refractivity contribution in [2.24, 2.45) is 5.92 Å². The second kappa shape index (κ2) is 9.00. The summed E-state index contributed by atoms with van der Waals surface area (Å²) in [5.74, 6) is 0.264. The second-order valence-electron chi connectivity index (χ2n) is 5.27. The zero-order valence-corrected chi connectivity index (χ0v) is 12.9. The molecule has 1 unspecified atom stereocenters. The Kier molecular flexibility index (Phi) is 7.29. The van der Waals surface area contributed by atoms with E-state index in [1.54, 1.807) is 19.1 Å². The molecule has 0 aliphatic rings.